The number of rotatable bonds is 8. The zero-order chi connectivity index (χ0) is 13.4. The third kappa shape index (κ3) is 4.29. The molecule has 1 N–H and O–H groups in total. The monoisotopic (exact) mass is 254 g/mol. The Morgan fingerprint density at radius 2 is 1.50 bits per heavy atom. The lowest BCUT2D eigenvalue weighted by atomic mass is 10.1. The molecule has 0 aliphatic heterocycles. The van der Waals surface area contributed by atoms with E-state index in [1.165, 1.54) is 0 Å². The Labute approximate surface area is 108 Å². The van der Waals surface area contributed by atoms with Gasteiger partial charge in [-0.15, -0.1) is 0 Å². The van der Waals surface area contributed by atoms with Gasteiger partial charge in [-0.25, -0.2) is 0 Å². The van der Waals surface area contributed by atoms with Gasteiger partial charge in [0.05, 0.1) is 6.61 Å². The summed E-state index contributed by atoms with van der Waals surface area (Å²) in [5.74, 6) is 0.790. The predicted molar refractivity (Wildman–Crippen MR) is 69.6 cm³/mol. The maximum absolute atomic E-state index is 10.2. The Hall–Kier alpha value is -1.10. The minimum absolute atomic E-state index is 0.499. The molecule has 0 saturated heterocycles. The van der Waals surface area contributed by atoms with Gasteiger partial charge < -0.3 is 19.3 Å². The van der Waals surface area contributed by atoms with Crippen LogP contribution in [0.5, 0.6) is 5.75 Å². The number of aliphatic hydroxyl groups excluding tert-OH is 1. The van der Waals surface area contributed by atoms with Crippen molar-refractivity contribution in [2.24, 2.45) is 0 Å². The molecule has 0 bridgehead atoms. The molecule has 102 valence electrons. The van der Waals surface area contributed by atoms with Crippen LogP contribution in [0.3, 0.4) is 0 Å². The smallest absolute Gasteiger partial charge is 0.187 e. The van der Waals surface area contributed by atoms with Crippen LogP contribution in [0.2, 0.25) is 0 Å². The van der Waals surface area contributed by atoms with Crippen LogP contribution >= 0.6 is 0 Å². The van der Waals surface area contributed by atoms with Crippen molar-refractivity contribution in [1.82, 2.24) is 0 Å². The van der Waals surface area contributed by atoms with Crippen molar-refractivity contribution < 1.29 is 19.3 Å². The summed E-state index contributed by atoms with van der Waals surface area (Å²) < 4.78 is 16.1. The predicted octanol–water partition coefficient (Wildman–Crippen LogP) is 2.52. The first kappa shape index (κ1) is 15.0. The fourth-order valence-electron chi connectivity index (χ4n) is 1.64. The second-order valence-electron chi connectivity index (χ2n) is 3.73. The number of aliphatic hydroxyl groups is 1. The highest BCUT2D eigenvalue weighted by Gasteiger charge is 2.21. The molecule has 1 aromatic carbocycles. The van der Waals surface area contributed by atoms with Crippen molar-refractivity contribution in [3.63, 3.8) is 0 Å². The molecule has 0 spiro atoms. The summed E-state index contributed by atoms with van der Waals surface area (Å²) in [6.45, 7) is 7.30. The highest BCUT2D eigenvalue weighted by atomic mass is 16.7. The molecule has 18 heavy (non-hydrogen) atoms. The van der Waals surface area contributed by atoms with Crippen LogP contribution in [-0.4, -0.2) is 31.2 Å². The normalized spacial score (nSPS) is 12.7. The second-order valence-corrected chi connectivity index (χ2v) is 3.73. The summed E-state index contributed by atoms with van der Waals surface area (Å²) in [7, 11) is 0. The number of hydrogen-bond donors (Lipinski definition) is 1. The van der Waals surface area contributed by atoms with E-state index in [1.807, 2.05) is 45.0 Å². The lowest BCUT2D eigenvalue weighted by molar-refractivity contribution is -0.191. The van der Waals surface area contributed by atoms with Crippen molar-refractivity contribution in [3.8, 4) is 5.75 Å². The van der Waals surface area contributed by atoms with E-state index in [2.05, 4.69) is 0 Å². The van der Waals surface area contributed by atoms with Gasteiger partial charge >= 0.3 is 0 Å². The van der Waals surface area contributed by atoms with Crippen molar-refractivity contribution in [2.45, 2.75) is 33.2 Å². The van der Waals surface area contributed by atoms with E-state index in [0.717, 1.165) is 11.3 Å². The number of benzene rings is 1. The van der Waals surface area contributed by atoms with Gasteiger partial charge in [-0.2, -0.15) is 0 Å². The molecule has 0 aliphatic rings. The van der Waals surface area contributed by atoms with Crippen LogP contribution in [0, 0.1) is 0 Å². The molecular weight excluding hydrogens is 232 g/mol. The molecule has 0 fully saturated rings. The van der Waals surface area contributed by atoms with Crippen LogP contribution in [0.4, 0.5) is 0 Å². The van der Waals surface area contributed by atoms with Gasteiger partial charge in [0, 0.05) is 13.2 Å². The van der Waals surface area contributed by atoms with Gasteiger partial charge in [0.25, 0.3) is 0 Å². The van der Waals surface area contributed by atoms with E-state index in [4.69, 9.17) is 14.2 Å². The van der Waals surface area contributed by atoms with E-state index in [0.29, 0.717) is 19.8 Å². The number of ether oxygens (including phenoxy) is 3. The van der Waals surface area contributed by atoms with Gasteiger partial charge in [0.2, 0.25) is 0 Å². The first-order chi connectivity index (χ1) is 8.72. The third-order valence-electron chi connectivity index (χ3n) is 2.45. The summed E-state index contributed by atoms with van der Waals surface area (Å²) in [6, 6.07) is 7.30. The Kier molecular flexibility index (Phi) is 6.72. The van der Waals surface area contributed by atoms with Crippen molar-refractivity contribution in [2.75, 3.05) is 19.8 Å². The Balaban J connectivity index is 2.70. The summed E-state index contributed by atoms with van der Waals surface area (Å²) >= 11 is 0. The Morgan fingerprint density at radius 1 is 0.944 bits per heavy atom. The van der Waals surface area contributed by atoms with E-state index < -0.39 is 12.4 Å². The van der Waals surface area contributed by atoms with Gasteiger partial charge in [-0.1, -0.05) is 12.1 Å². The maximum Gasteiger partial charge on any atom is 0.187 e. The molecule has 0 amide bonds. The first-order valence-corrected chi connectivity index (χ1v) is 6.36. The summed E-state index contributed by atoms with van der Waals surface area (Å²) in [5, 5.41) is 10.2. The second kappa shape index (κ2) is 8.08. The maximum atomic E-state index is 10.2. The SMILES string of the molecule is CCOc1ccc(C(O)C(OCC)OCC)cc1. The standard InChI is InChI=1S/C14H22O4/c1-4-16-12-9-7-11(8-10-12)13(15)14(17-5-2)18-6-3/h7-10,13-15H,4-6H2,1-3H3. The highest BCUT2D eigenvalue weighted by molar-refractivity contribution is 5.28. The molecule has 0 saturated carbocycles. The zero-order valence-electron chi connectivity index (χ0n) is 11.3. The quantitative estimate of drug-likeness (QED) is 0.724. The van der Waals surface area contributed by atoms with Crippen LogP contribution in [0.25, 0.3) is 0 Å². The fourth-order valence-corrected chi connectivity index (χ4v) is 1.64. The first-order valence-electron chi connectivity index (χ1n) is 6.36. The van der Waals surface area contributed by atoms with E-state index >= 15 is 0 Å². The lowest BCUT2D eigenvalue weighted by Gasteiger charge is -2.22. The Morgan fingerprint density at radius 3 is 1.94 bits per heavy atom. The lowest BCUT2D eigenvalue weighted by Crippen LogP contribution is -2.25. The van der Waals surface area contributed by atoms with Crippen LogP contribution in [-0.2, 0) is 9.47 Å². The summed E-state index contributed by atoms with van der Waals surface area (Å²) in [4.78, 5) is 0. The minimum atomic E-state index is -0.791. The summed E-state index contributed by atoms with van der Waals surface area (Å²) in [5.41, 5.74) is 0.755. The van der Waals surface area contributed by atoms with Gasteiger partial charge in [-0.3, -0.25) is 0 Å². The molecule has 1 atom stereocenters. The average Bonchev–Trinajstić information content (AvgIpc) is 2.39. The largest absolute Gasteiger partial charge is 0.494 e. The van der Waals surface area contributed by atoms with E-state index in [1.54, 1.807) is 0 Å². The van der Waals surface area contributed by atoms with Crippen LogP contribution < -0.4 is 4.74 Å². The number of hydrogen-bond acceptors (Lipinski definition) is 4. The molecule has 1 rings (SSSR count). The van der Waals surface area contributed by atoms with Crippen LogP contribution in [0.1, 0.15) is 32.4 Å². The van der Waals surface area contributed by atoms with Crippen molar-refractivity contribution in [1.29, 1.82) is 0 Å². The molecular formula is C14H22O4. The Bertz CT molecular complexity index is 317. The molecule has 0 aliphatic carbocycles. The molecule has 0 radical (unpaired) electrons. The van der Waals surface area contributed by atoms with Gasteiger partial charge in [-0.05, 0) is 38.5 Å². The van der Waals surface area contributed by atoms with Crippen molar-refractivity contribution >= 4 is 0 Å². The average molecular weight is 254 g/mol. The molecule has 4 heteroatoms. The van der Waals surface area contributed by atoms with E-state index in [-0.39, 0.29) is 0 Å². The molecule has 1 unspecified atom stereocenters. The van der Waals surface area contributed by atoms with Gasteiger partial charge in [0.1, 0.15) is 11.9 Å². The summed E-state index contributed by atoms with van der Waals surface area (Å²) in [6.07, 6.45) is -1.42. The topological polar surface area (TPSA) is 47.9 Å². The molecule has 4 nitrogen and oxygen atoms in total. The van der Waals surface area contributed by atoms with E-state index in [9.17, 15) is 5.11 Å². The molecule has 0 heterocycles. The fraction of sp³-hybridized carbons (Fsp3) is 0.571. The highest BCUT2D eigenvalue weighted by Crippen LogP contribution is 2.22. The zero-order valence-corrected chi connectivity index (χ0v) is 11.3. The minimum Gasteiger partial charge on any atom is -0.494 e. The molecule has 0 aromatic heterocycles. The molecule has 1 aromatic rings. The van der Waals surface area contributed by atoms with Crippen LogP contribution in [0.15, 0.2) is 24.3 Å². The van der Waals surface area contributed by atoms with Gasteiger partial charge in [0.15, 0.2) is 6.29 Å². The third-order valence-corrected chi connectivity index (χ3v) is 2.45. The van der Waals surface area contributed by atoms with Crippen molar-refractivity contribution in [3.05, 3.63) is 29.8 Å².